The highest BCUT2D eigenvalue weighted by molar-refractivity contribution is 5.95. The molecular weight excluding hydrogens is 457 g/mol. The Bertz CT molecular complexity index is 1150. The number of carbonyl (C=O) groups excluding carboxylic acids is 1. The lowest BCUT2D eigenvalue weighted by Crippen LogP contribution is -2.41. The average Bonchev–Trinajstić information content (AvgIpc) is 3.31. The third kappa shape index (κ3) is 5.51. The fraction of sp³-hybridized carbons (Fsp3) is 0.385. The van der Waals surface area contributed by atoms with E-state index >= 15 is 0 Å². The molecule has 0 radical (unpaired) electrons. The number of aromatic nitrogens is 2. The van der Waals surface area contributed by atoms with Crippen LogP contribution in [-0.2, 0) is 6.18 Å². The molecule has 2 aromatic carbocycles. The number of aryl methyl sites for hydroxylation is 1. The predicted molar refractivity (Wildman–Crippen MR) is 127 cm³/mol. The third-order valence-electron chi connectivity index (χ3n) is 6.41. The van der Waals surface area contributed by atoms with Gasteiger partial charge in [-0.05, 0) is 62.2 Å². The molecule has 1 aliphatic rings. The molecule has 1 unspecified atom stereocenters. The summed E-state index contributed by atoms with van der Waals surface area (Å²) in [5.74, 6) is -0.0821. The molecular formula is C26H29F3N4O2. The lowest BCUT2D eigenvalue weighted by atomic mass is 10.0. The van der Waals surface area contributed by atoms with Gasteiger partial charge in [-0.2, -0.15) is 18.3 Å². The summed E-state index contributed by atoms with van der Waals surface area (Å²) < 4.78 is 48.3. The number of amides is 1. The number of hydrogen-bond donors (Lipinski definition) is 1. The maximum Gasteiger partial charge on any atom is 0.434 e. The molecule has 1 N–H and O–H groups in total. The molecule has 35 heavy (non-hydrogen) atoms. The number of methoxy groups -OCH3 is 1. The Kier molecular flexibility index (Phi) is 7.45. The van der Waals surface area contributed by atoms with Crippen molar-refractivity contribution in [1.82, 2.24) is 20.0 Å². The second kappa shape index (κ2) is 10.5. The van der Waals surface area contributed by atoms with E-state index in [1.165, 1.54) is 0 Å². The summed E-state index contributed by atoms with van der Waals surface area (Å²) in [6.45, 7) is 3.62. The van der Waals surface area contributed by atoms with E-state index < -0.39 is 23.3 Å². The number of benzene rings is 2. The predicted octanol–water partition coefficient (Wildman–Crippen LogP) is 5.17. The van der Waals surface area contributed by atoms with Crippen LogP contribution in [0.2, 0.25) is 0 Å². The van der Waals surface area contributed by atoms with Gasteiger partial charge in [0, 0.05) is 6.54 Å². The number of halogens is 3. The van der Waals surface area contributed by atoms with Crippen LogP contribution in [-0.4, -0.2) is 47.3 Å². The summed E-state index contributed by atoms with van der Waals surface area (Å²) >= 11 is 0. The van der Waals surface area contributed by atoms with Crippen LogP contribution in [0.15, 0.2) is 54.7 Å². The molecule has 0 saturated carbocycles. The molecule has 6 nitrogen and oxygen atoms in total. The number of hydrogen-bond acceptors (Lipinski definition) is 4. The number of rotatable bonds is 7. The number of alkyl halides is 3. The number of likely N-dealkylation sites (tertiary alicyclic amines) is 1. The normalized spacial score (nSPS) is 15.6. The topological polar surface area (TPSA) is 59.4 Å². The highest BCUT2D eigenvalue weighted by Crippen LogP contribution is 2.34. The monoisotopic (exact) mass is 486 g/mol. The van der Waals surface area contributed by atoms with E-state index in [2.05, 4.69) is 15.3 Å². The van der Waals surface area contributed by atoms with Crippen molar-refractivity contribution in [2.75, 3.05) is 26.7 Å². The number of nitrogens with zero attached hydrogens (tertiary/aromatic N) is 3. The molecule has 1 atom stereocenters. The van der Waals surface area contributed by atoms with Crippen LogP contribution in [0.3, 0.4) is 0 Å². The number of nitrogens with one attached hydrogen (secondary N) is 1. The molecule has 4 rings (SSSR count). The molecule has 1 aliphatic heterocycles. The molecule has 9 heteroatoms. The van der Waals surface area contributed by atoms with Gasteiger partial charge in [0.1, 0.15) is 5.75 Å². The molecule has 1 saturated heterocycles. The van der Waals surface area contributed by atoms with Crippen LogP contribution in [0, 0.1) is 6.92 Å². The van der Waals surface area contributed by atoms with Gasteiger partial charge in [0.2, 0.25) is 0 Å². The van der Waals surface area contributed by atoms with E-state index in [-0.39, 0.29) is 18.3 Å². The van der Waals surface area contributed by atoms with E-state index in [1.54, 1.807) is 38.3 Å². The van der Waals surface area contributed by atoms with E-state index in [1.807, 2.05) is 24.3 Å². The van der Waals surface area contributed by atoms with Crippen molar-refractivity contribution in [2.45, 2.75) is 38.4 Å². The van der Waals surface area contributed by atoms with Crippen LogP contribution in [0.4, 0.5) is 13.2 Å². The first-order valence-electron chi connectivity index (χ1n) is 11.7. The van der Waals surface area contributed by atoms with E-state index in [0.717, 1.165) is 48.8 Å². The summed E-state index contributed by atoms with van der Waals surface area (Å²) in [7, 11) is 1.59. The Morgan fingerprint density at radius 1 is 1.09 bits per heavy atom. The van der Waals surface area contributed by atoms with Crippen LogP contribution in [0.1, 0.15) is 52.5 Å². The third-order valence-corrected chi connectivity index (χ3v) is 6.41. The summed E-state index contributed by atoms with van der Waals surface area (Å²) in [5.41, 5.74) is 0.303. The van der Waals surface area contributed by atoms with Crippen LogP contribution in [0.5, 0.6) is 5.75 Å². The molecule has 2 heterocycles. The fourth-order valence-electron chi connectivity index (χ4n) is 4.57. The zero-order valence-electron chi connectivity index (χ0n) is 19.8. The van der Waals surface area contributed by atoms with Gasteiger partial charge in [-0.25, -0.2) is 4.68 Å². The Labute approximate surface area is 202 Å². The molecule has 1 fully saturated rings. The van der Waals surface area contributed by atoms with Gasteiger partial charge in [-0.3, -0.25) is 9.69 Å². The second-order valence-corrected chi connectivity index (χ2v) is 8.70. The minimum Gasteiger partial charge on any atom is -0.497 e. The molecule has 0 bridgehead atoms. The maximum atomic E-state index is 14.1. The van der Waals surface area contributed by atoms with Gasteiger partial charge in [0.05, 0.1) is 30.6 Å². The Morgan fingerprint density at radius 2 is 1.77 bits per heavy atom. The van der Waals surface area contributed by atoms with Gasteiger partial charge in [0.25, 0.3) is 5.91 Å². The van der Waals surface area contributed by atoms with Crippen molar-refractivity contribution in [2.24, 2.45) is 0 Å². The highest BCUT2D eigenvalue weighted by Gasteiger charge is 2.41. The first-order valence-corrected chi connectivity index (χ1v) is 11.7. The fourth-order valence-corrected chi connectivity index (χ4v) is 4.57. The summed E-state index contributed by atoms with van der Waals surface area (Å²) in [6.07, 6.45) is -0.531. The van der Waals surface area contributed by atoms with Gasteiger partial charge < -0.3 is 10.1 Å². The number of piperidine rings is 1. The van der Waals surface area contributed by atoms with Gasteiger partial charge in [-0.15, -0.1) is 0 Å². The quantitative estimate of drug-likeness (QED) is 0.501. The van der Waals surface area contributed by atoms with Gasteiger partial charge in [-0.1, -0.05) is 36.8 Å². The van der Waals surface area contributed by atoms with E-state index in [9.17, 15) is 18.0 Å². The molecule has 1 amide bonds. The first-order chi connectivity index (χ1) is 16.8. The smallest absolute Gasteiger partial charge is 0.434 e. The molecule has 186 valence electrons. The van der Waals surface area contributed by atoms with Crippen molar-refractivity contribution >= 4 is 5.91 Å². The average molecular weight is 487 g/mol. The minimum atomic E-state index is -4.76. The number of ether oxygens (including phenoxy) is 1. The van der Waals surface area contributed by atoms with Crippen LogP contribution >= 0.6 is 0 Å². The number of para-hydroxylation sites is 1. The molecule has 3 aromatic rings. The van der Waals surface area contributed by atoms with Crippen molar-refractivity contribution in [1.29, 1.82) is 0 Å². The van der Waals surface area contributed by atoms with Gasteiger partial charge in [0.15, 0.2) is 5.69 Å². The molecule has 1 aromatic heterocycles. The summed E-state index contributed by atoms with van der Waals surface area (Å²) in [4.78, 5) is 15.3. The largest absolute Gasteiger partial charge is 0.497 e. The Balaban J connectivity index is 1.60. The van der Waals surface area contributed by atoms with Crippen molar-refractivity contribution in [3.8, 4) is 11.4 Å². The second-order valence-electron chi connectivity index (χ2n) is 8.70. The summed E-state index contributed by atoms with van der Waals surface area (Å²) in [6, 6.07) is 14.0. The zero-order chi connectivity index (χ0) is 25.0. The number of carbonyl (C=O) groups is 1. The lowest BCUT2D eigenvalue weighted by Gasteiger charge is -2.35. The van der Waals surface area contributed by atoms with Gasteiger partial charge >= 0.3 is 6.18 Å². The minimum absolute atomic E-state index is 0.161. The SMILES string of the molecule is COc1ccc(C(CNC(=O)c2cnn(-c3ccccc3C)c2C(F)(F)F)N2CCCCC2)cc1. The maximum absolute atomic E-state index is 14.1. The standard InChI is InChI=1S/C26H29F3N4O2/c1-18-8-4-5-9-22(18)33-24(26(27,28)29)21(16-31-33)25(34)30-17-23(32-14-6-3-7-15-32)19-10-12-20(35-2)13-11-19/h4-5,8-13,16,23H,3,6-7,14-15,17H2,1-2H3,(H,30,34). The van der Waals surface area contributed by atoms with Crippen LogP contribution in [0.25, 0.3) is 5.69 Å². The van der Waals surface area contributed by atoms with Crippen molar-refractivity contribution < 1.29 is 22.7 Å². The molecule has 0 aliphatic carbocycles. The van der Waals surface area contributed by atoms with Crippen LogP contribution < -0.4 is 10.1 Å². The highest BCUT2D eigenvalue weighted by atomic mass is 19.4. The van der Waals surface area contributed by atoms with E-state index in [0.29, 0.717) is 11.3 Å². The summed E-state index contributed by atoms with van der Waals surface area (Å²) in [5, 5.41) is 6.69. The zero-order valence-corrected chi connectivity index (χ0v) is 19.8. The molecule has 0 spiro atoms. The van der Waals surface area contributed by atoms with Crippen molar-refractivity contribution in [3.63, 3.8) is 0 Å². The van der Waals surface area contributed by atoms with Crippen molar-refractivity contribution in [3.05, 3.63) is 77.1 Å². The van der Waals surface area contributed by atoms with E-state index in [4.69, 9.17) is 4.74 Å². The Morgan fingerprint density at radius 3 is 2.40 bits per heavy atom. The Hall–Kier alpha value is -3.33. The lowest BCUT2D eigenvalue weighted by molar-refractivity contribution is -0.143. The first kappa shape index (κ1) is 24.8.